The lowest BCUT2D eigenvalue weighted by Gasteiger charge is -2.47. The molecule has 0 aromatic heterocycles. The summed E-state index contributed by atoms with van der Waals surface area (Å²) in [4.78, 5) is 14.7. The van der Waals surface area contributed by atoms with Crippen LogP contribution in [0, 0.1) is 0 Å². The van der Waals surface area contributed by atoms with Crippen molar-refractivity contribution >= 4 is 11.7 Å². The Hall–Kier alpha value is -2.29. The number of anilines is 1. The molecule has 2 aromatic carbocycles. The number of carbonyl (C=O) groups is 1. The highest BCUT2D eigenvalue weighted by Gasteiger charge is 2.39. The molecule has 0 amide bonds. The SMILES string of the molecule is CC(C)(C)c1ccc2c(c1)C1Cc3cccc4c3C(C1)N2CCCC(=O)OCC4. The first-order valence-corrected chi connectivity index (χ1v) is 11.1. The molecule has 2 heterocycles. The van der Waals surface area contributed by atoms with E-state index in [-0.39, 0.29) is 11.4 Å². The summed E-state index contributed by atoms with van der Waals surface area (Å²) in [6.07, 6.45) is 4.47. The van der Waals surface area contributed by atoms with Gasteiger partial charge in [-0.05, 0) is 64.5 Å². The molecule has 3 aliphatic rings. The van der Waals surface area contributed by atoms with E-state index in [0.717, 1.165) is 25.8 Å². The van der Waals surface area contributed by atoms with Gasteiger partial charge in [-0.15, -0.1) is 0 Å². The largest absolute Gasteiger partial charge is 0.465 e. The summed E-state index contributed by atoms with van der Waals surface area (Å²) in [5, 5.41) is 0. The molecule has 0 spiro atoms. The van der Waals surface area contributed by atoms with Crippen molar-refractivity contribution in [1.29, 1.82) is 0 Å². The van der Waals surface area contributed by atoms with Crippen molar-refractivity contribution in [3.05, 3.63) is 64.2 Å². The number of hydrogen-bond donors (Lipinski definition) is 0. The van der Waals surface area contributed by atoms with Crippen molar-refractivity contribution < 1.29 is 9.53 Å². The van der Waals surface area contributed by atoms with Crippen molar-refractivity contribution in [1.82, 2.24) is 0 Å². The van der Waals surface area contributed by atoms with Gasteiger partial charge in [0.05, 0.1) is 12.6 Å². The van der Waals surface area contributed by atoms with E-state index in [2.05, 4.69) is 62.1 Å². The number of carbonyl (C=O) groups excluding carboxylic acids is 1. The molecule has 2 atom stereocenters. The summed E-state index contributed by atoms with van der Waals surface area (Å²) >= 11 is 0. The first kappa shape index (κ1) is 18.7. The fourth-order valence-electron chi connectivity index (χ4n) is 5.54. The highest BCUT2D eigenvalue weighted by atomic mass is 16.5. The molecular formula is C26H31NO2. The third kappa shape index (κ3) is 3.25. The Kier molecular flexibility index (Phi) is 4.45. The molecule has 3 heteroatoms. The van der Waals surface area contributed by atoms with E-state index in [4.69, 9.17) is 4.74 Å². The lowest BCUT2D eigenvalue weighted by Crippen LogP contribution is -2.40. The number of cyclic esters (lactones) is 1. The maximum absolute atomic E-state index is 12.1. The fourth-order valence-corrected chi connectivity index (χ4v) is 5.54. The van der Waals surface area contributed by atoms with Gasteiger partial charge >= 0.3 is 5.97 Å². The minimum atomic E-state index is -0.0609. The van der Waals surface area contributed by atoms with Crippen molar-refractivity contribution in [2.75, 3.05) is 18.1 Å². The first-order valence-electron chi connectivity index (χ1n) is 11.1. The maximum atomic E-state index is 12.1. The summed E-state index contributed by atoms with van der Waals surface area (Å²) in [6.45, 7) is 8.28. The normalized spacial score (nSPS) is 23.7. The van der Waals surface area contributed by atoms with E-state index in [9.17, 15) is 4.79 Å². The van der Waals surface area contributed by atoms with Crippen molar-refractivity contribution in [2.45, 2.75) is 70.3 Å². The summed E-state index contributed by atoms with van der Waals surface area (Å²) in [7, 11) is 0. The van der Waals surface area contributed by atoms with Gasteiger partial charge in [0.1, 0.15) is 0 Å². The molecule has 0 N–H and O–H groups in total. The Labute approximate surface area is 174 Å². The Morgan fingerprint density at radius 2 is 1.90 bits per heavy atom. The van der Waals surface area contributed by atoms with E-state index in [1.165, 1.54) is 39.9 Å². The van der Waals surface area contributed by atoms with Gasteiger partial charge in [-0.3, -0.25) is 4.79 Å². The molecule has 2 bridgehead atoms. The Balaban J connectivity index is 1.65. The first-order chi connectivity index (χ1) is 13.9. The second kappa shape index (κ2) is 6.90. The van der Waals surface area contributed by atoms with E-state index < -0.39 is 0 Å². The molecule has 5 rings (SSSR count). The summed E-state index contributed by atoms with van der Waals surface area (Å²) in [5.41, 5.74) is 8.81. The highest BCUT2D eigenvalue weighted by molar-refractivity contribution is 5.70. The van der Waals surface area contributed by atoms with Gasteiger partial charge in [-0.1, -0.05) is 51.1 Å². The number of esters is 1. The number of rotatable bonds is 0. The predicted molar refractivity (Wildman–Crippen MR) is 117 cm³/mol. The lowest BCUT2D eigenvalue weighted by molar-refractivity contribution is -0.143. The van der Waals surface area contributed by atoms with Gasteiger partial charge in [-0.2, -0.15) is 0 Å². The van der Waals surface area contributed by atoms with Crippen LogP contribution >= 0.6 is 0 Å². The van der Waals surface area contributed by atoms with Crippen LogP contribution in [-0.2, 0) is 27.8 Å². The molecule has 3 nitrogen and oxygen atoms in total. The molecule has 0 fully saturated rings. The molecule has 2 aromatic rings. The minimum Gasteiger partial charge on any atom is -0.465 e. The molecule has 0 saturated heterocycles. The van der Waals surface area contributed by atoms with Crippen LogP contribution in [0.4, 0.5) is 5.69 Å². The monoisotopic (exact) mass is 389 g/mol. The second-order valence-corrected chi connectivity index (χ2v) is 9.93. The van der Waals surface area contributed by atoms with Gasteiger partial charge in [0, 0.05) is 25.1 Å². The zero-order valence-electron chi connectivity index (χ0n) is 17.8. The number of fused-ring (bicyclic) bond motifs is 4. The maximum Gasteiger partial charge on any atom is 0.305 e. The molecule has 0 radical (unpaired) electrons. The van der Waals surface area contributed by atoms with Gasteiger partial charge in [-0.25, -0.2) is 0 Å². The number of hydrogen-bond acceptors (Lipinski definition) is 3. The summed E-state index contributed by atoms with van der Waals surface area (Å²) in [6, 6.07) is 14.3. The standard InChI is InChI=1S/C26H31NO2/c1-26(2,3)20-9-10-22-21(16-20)19-14-18-7-4-6-17-11-13-29-24(28)8-5-12-27(22)23(15-19)25(17)18/h4,6-7,9-10,16,19,23H,5,8,11-15H2,1-3H3. The van der Waals surface area contributed by atoms with Gasteiger partial charge in [0.15, 0.2) is 0 Å². The van der Waals surface area contributed by atoms with E-state index in [1.807, 2.05) is 0 Å². The van der Waals surface area contributed by atoms with Gasteiger partial charge in [0.25, 0.3) is 0 Å². The van der Waals surface area contributed by atoms with Crippen LogP contribution in [0.1, 0.15) is 79.8 Å². The molecule has 152 valence electrons. The van der Waals surface area contributed by atoms with Crippen LogP contribution < -0.4 is 4.90 Å². The van der Waals surface area contributed by atoms with E-state index >= 15 is 0 Å². The summed E-state index contributed by atoms with van der Waals surface area (Å²) in [5.74, 6) is 0.522. The fraction of sp³-hybridized carbons (Fsp3) is 0.500. The Morgan fingerprint density at radius 1 is 1.07 bits per heavy atom. The average Bonchev–Trinajstić information content (AvgIpc) is 2.71. The second-order valence-electron chi connectivity index (χ2n) is 9.93. The molecule has 2 aliphatic heterocycles. The molecule has 0 saturated carbocycles. The summed E-state index contributed by atoms with van der Waals surface area (Å²) < 4.78 is 5.50. The zero-order chi connectivity index (χ0) is 20.2. The third-order valence-corrected chi connectivity index (χ3v) is 7.03. The number of nitrogens with zero attached hydrogens (tertiary/aromatic N) is 1. The van der Waals surface area contributed by atoms with Crippen LogP contribution in [0.25, 0.3) is 0 Å². The van der Waals surface area contributed by atoms with E-state index in [0.29, 0.717) is 25.0 Å². The van der Waals surface area contributed by atoms with Crippen LogP contribution in [0.5, 0.6) is 0 Å². The lowest BCUT2D eigenvalue weighted by atomic mass is 9.70. The highest BCUT2D eigenvalue weighted by Crippen LogP contribution is 2.52. The van der Waals surface area contributed by atoms with Crippen molar-refractivity contribution in [3.63, 3.8) is 0 Å². The van der Waals surface area contributed by atoms with E-state index in [1.54, 1.807) is 0 Å². The number of benzene rings is 2. The van der Waals surface area contributed by atoms with Crippen molar-refractivity contribution in [3.8, 4) is 0 Å². The minimum absolute atomic E-state index is 0.0609. The van der Waals surface area contributed by atoms with Crippen LogP contribution in [0.2, 0.25) is 0 Å². The molecule has 1 aliphatic carbocycles. The number of ether oxygens (including phenoxy) is 1. The Bertz CT molecular complexity index is 956. The van der Waals surface area contributed by atoms with Crippen LogP contribution in [0.15, 0.2) is 36.4 Å². The quantitative estimate of drug-likeness (QED) is 0.561. The van der Waals surface area contributed by atoms with Crippen LogP contribution in [-0.4, -0.2) is 19.1 Å². The Morgan fingerprint density at radius 3 is 2.72 bits per heavy atom. The average molecular weight is 390 g/mol. The topological polar surface area (TPSA) is 29.5 Å². The molecule has 2 unspecified atom stereocenters. The third-order valence-electron chi connectivity index (χ3n) is 7.03. The van der Waals surface area contributed by atoms with Gasteiger partial charge < -0.3 is 9.64 Å². The molecular weight excluding hydrogens is 358 g/mol. The zero-order valence-corrected chi connectivity index (χ0v) is 17.8. The van der Waals surface area contributed by atoms with Crippen LogP contribution in [0.3, 0.4) is 0 Å². The smallest absolute Gasteiger partial charge is 0.305 e. The predicted octanol–water partition coefficient (Wildman–Crippen LogP) is 5.45. The van der Waals surface area contributed by atoms with Crippen molar-refractivity contribution in [2.24, 2.45) is 0 Å². The van der Waals surface area contributed by atoms with Gasteiger partial charge in [0.2, 0.25) is 0 Å². The molecule has 29 heavy (non-hydrogen) atoms.